The largest absolute Gasteiger partial charge is 0.508 e. The first-order chi connectivity index (χ1) is 7.99. The van der Waals surface area contributed by atoms with Crippen molar-refractivity contribution >= 4 is 17.5 Å². The lowest BCUT2D eigenvalue weighted by molar-refractivity contribution is -0.116. The molecule has 92 valence electrons. The first-order valence-corrected chi connectivity index (χ1v) is 5.33. The zero-order valence-electron chi connectivity index (χ0n) is 9.91. The van der Waals surface area contributed by atoms with Crippen LogP contribution in [0, 0.1) is 6.92 Å². The number of benzene rings is 1. The number of rotatable bonds is 4. The van der Waals surface area contributed by atoms with Crippen molar-refractivity contribution in [1.29, 1.82) is 0 Å². The van der Waals surface area contributed by atoms with E-state index in [2.05, 4.69) is 10.6 Å². The van der Waals surface area contributed by atoms with Gasteiger partial charge in [0.05, 0.1) is 0 Å². The zero-order valence-corrected chi connectivity index (χ0v) is 9.91. The van der Waals surface area contributed by atoms with Gasteiger partial charge in [0, 0.05) is 18.7 Å². The highest BCUT2D eigenvalue weighted by Gasteiger charge is 2.04. The van der Waals surface area contributed by atoms with Crippen LogP contribution in [-0.4, -0.2) is 23.5 Å². The van der Waals surface area contributed by atoms with Crippen LogP contribution in [0.1, 0.15) is 18.9 Å². The normalized spacial score (nSPS) is 9.76. The maximum Gasteiger partial charge on any atom is 0.319 e. The molecule has 0 saturated carbocycles. The number of amides is 2. The van der Waals surface area contributed by atoms with E-state index in [4.69, 9.17) is 0 Å². The molecule has 0 spiro atoms. The first kappa shape index (κ1) is 13.0. The van der Waals surface area contributed by atoms with E-state index < -0.39 is 0 Å². The Morgan fingerprint density at radius 3 is 2.65 bits per heavy atom. The molecule has 0 aliphatic heterocycles. The summed E-state index contributed by atoms with van der Waals surface area (Å²) in [6.45, 7) is 3.58. The Bertz CT molecular complexity index is 430. The van der Waals surface area contributed by atoms with Gasteiger partial charge in [-0.3, -0.25) is 4.79 Å². The number of aromatic hydroxyl groups is 1. The Morgan fingerprint density at radius 2 is 2.06 bits per heavy atom. The quantitative estimate of drug-likeness (QED) is 0.697. The molecule has 0 saturated heterocycles. The van der Waals surface area contributed by atoms with Crippen molar-refractivity contribution in [3.05, 3.63) is 23.8 Å². The van der Waals surface area contributed by atoms with E-state index in [1.54, 1.807) is 19.1 Å². The summed E-state index contributed by atoms with van der Waals surface area (Å²) in [6, 6.07) is 4.32. The minimum Gasteiger partial charge on any atom is -0.508 e. The van der Waals surface area contributed by atoms with Crippen LogP contribution in [0.15, 0.2) is 18.2 Å². The lowest BCUT2D eigenvalue weighted by Crippen LogP contribution is -2.30. The van der Waals surface area contributed by atoms with Crippen molar-refractivity contribution in [1.82, 2.24) is 5.32 Å². The Balaban J connectivity index is 2.48. The number of carbonyl (C=O) groups excluding carboxylic acids is 2. The van der Waals surface area contributed by atoms with Crippen LogP contribution in [0.3, 0.4) is 0 Å². The van der Waals surface area contributed by atoms with Gasteiger partial charge in [0.2, 0.25) is 0 Å². The summed E-state index contributed by atoms with van der Waals surface area (Å²) in [7, 11) is 0. The molecule has 2 amide bonds. The number of ketones is 1. The third-order valence-electron chi connectivity index (χ3n) is 2.22. The Morgan fingerprint density at radius 1 is 1.35 bits per heavy atom. The first-order valence-electron chi connectivity index (χ1n) is 5.33. The number of nitrogens with one attached hydrogen (secondary N) is 2. The summed E-state index contributed by atoms with van der Waals surface area (Å²) >= 11 is 0. The maximum atomic E-state index is 11.4. The molecule has 1 aromatic rings. The highest BCUT2D eigenvalue weighted by Crippen LogP contribution is 2.19. The molecule has 5 nitrogen and oxygen atoms in total. The van der Waals surface area contributed by atoms with E-state index >= 15 is 0 Å². The fourth-order valence-corrected chi connectivity index (χ4v) is 1.31. The van der Waals surface area contributed by atoms with Crippen LogP contribution in [-0.2, 0) is 4.79 Å². The number of hydrogen-bond donors (Lipinski definition) is 3. The smallest absolute Gasteiger partial charge is 0.319 e. The molecule has 0 radical (unpaired) electrons. The van der Waals surface area contributed by atoms with Gasteiger partial charge in [-0.1, -0.05) is 0 Å². The molecule has 1 rings (SSSR count). The molecule has 0 aliphatic rings. The SMILES string of the molecule is CC(=O)CCNC(=O)Nc1ccc(O)cc1C. The molecule has 0 aromatic heterocycles. The summed E-state index contributed by atoms with van der Waals surface area (Å²) in [5.74, 6) is 0.191. The average molecular weight is 236 g/mol. The van der Waals surface area contributed by atoms with Crippen molar-refractivity contribution in [2.75, 3.05) is 11.9 Å². The number of phenolic OH excluding ortho intramolecular Hbond substituents is 1. The highest BCUT2D eigenvalue weighted by atomic mass is 16.3. The molecular formula is C12H16N2O3. The van der Waals surface area contributed by atoms with E-state index in [0.29, 0.717) is 18.7 Å². The van der Waals surface area contributed by atoms with Crippen LogP contribution < -0.4 is 10.6 Å². The minimum atomic E-state index is -0.361. The van der Waals surface area contributed by atoms with Crippen molar-refractivity contribution in [2.45, 2.75) is 20.3 Å². The van der Waals surface area contributed by atoms with Crippen LogP contribution in [0.2, 0.25) is 0 Å². The molecular weight excluding hydrogens is 220 g/mol. The van der Waals surface area contributed by atoms with Crippen molar-refractivity contribution in [3.8, 4) is 5.75 Å². The van der Waals surface area contributed by atoms with Gasteiger partial charge in [-0.2, -0.15) is 0 Å². The second-order valence-corrected chi connectivity index (χ2v) is 3.83. The molecule has 0 unspecified atom stereocenters. The number of aryl methyl sites for hydroxylation is 1. The highest BCUT2D eigenvalue weighted by molar-refractivity contribution is 5.90. The molecule has 1 aromatic carbocycles. The third kappa shape index (κ3) is 4.55. The predicted molar refractivity (Wildman–Crippen MR) is 65.2 cm³/mol. The van der Waals surface area contributed by atoms with Crippen molar-refractivity contribution in [3.63, 3.8) is 0 Å². The lowest BCUT2D eigenvalue weighted by atomic mass is 10.2. The van der Waals surface area contributed by atoms with Gasteiger partial charge >= 0.3 is 6.03 Å². The van der Waals surface area contributed by atoms with Crippen LogP contribution in [0.5, 0.6) is 5.75 Å². The average Bonchev–Trinajstić information content (AvgIpc) is 2.21. The predicted octanol–water partition coefficient (Wildman–Crippen LogP) is 1.80. The van der Waals surface area contributed by atoms with Gasteiger partial charge in [-0.15, -0.1) is 0 Å². The molecule has 5 heteroatoms. The summed E-state index contributed by atoms with van der Waals surface area (Å²) in [4.78, 5) is 22.1. The van der Waals surface area contributed by atoms with Gasteiger partial charge in [-0.25, -0.2) is 4.79 Å². The second-order valence-electron chi connectivity index (χ2n) is 3.83. The number of carbonyl (C=O) groups is 2. The third-order valence-corrected chi connectivity index (χ3v) is 2.22. The summed E-state index contributed by atoms with van der Waals surface area (Å²) in [5, 5.41) is 14.4. The fraction of sp³-hybridized carbons (Fsp3) is 0.333. The van der Waals surface area contributed by atoms with E-state index in [9.17, 15) is 14.7 Å². The van der Waals surface area contributed by atoms with Crippen molar-refractivity contribution in [2.24, 2.45) is 0 Å². The number of phenols is 1. The van der Waals surface area contributed by atoms with Crippen LogP contribution >= 0.6 is 0 Å². The molecule has 0 heterocycles. The van der Waals surface area contributed by atoms with Crippen LogP contribution in [0.4, 0.5) is 10.5 Å². The van der Waals surface area contributed by atoms with E-state index in [1.807, 2.05) is 0 Å². The molecule has 0 atom stereocenters. The second kappa shape index (κ2) is 5.89. The number of Topliss-reactive ketones (excluding diaryl/α,β-unsaturated/α-hetero) is 1. The molecule has 17 heavy (non-hydrogen) atoms. The minimum absolute atomic E-state index is 0.0334. The Kier molecular flexibility index (Phi) is 4.51. The molecule has 0 fully saturated rings. The lowest BCUT2D eigenvalue weighted by Gasteiger charge is -2.09. The summed E-state index contributed by atoms with van der Waals surface area (Å²) < 4.78 is 0. The van der Waals surface area contributed by atoms with Crippen molar-refractivity contribution < 1.29 is 14.7 Å². The van der Waals surface area contributed by atoms with Gasteiger partial charge in [0.25, 0.3) is 0 Å². The standard InChI is InChI=1S/C12H16N2O3/c1-8-7-10(16)3-4-11(8)14-12(17)13-6-5-9(2)15/h3-4,7,16H,5-6H2,1-2H3,(H2,13,14,17). The van der Waals surface area contributed by atoms with Crippen LogP contribution in [0.25, 0.3) is 0 Å². The summed E-state index contributed by atoms with van der Waals surface area (Å²) in [5.41, 5.74) is 1.40. The topological polar surface area (TPSA) is 78.4 Å². The van der Waals surface area contributed by atoms with E-state index in [1.165, 1.54) is 13.0 Å². The molecule has 0 bridgehead atoms. The zero-order chi connectivity index (χ0) is 12.8. The molecule has 3 N–H and O–H groups in total. The molecule has 0 aliphatic carbocycles. The monoisotopic (exact) mass is 236 g/mol. The fourth-order valence-electron chi connectivity index (χ4n) is 1.31. The number of hydrogen-bond acceptors (Lipinski definition) is 3. The number of anilines is 1. The Labute approximate surface area is 99.8 Å². The van der Waals surface area contributed by atoms with Gasteiger partial charge in [0.15, 0.2) is 0 Å². The van der Waals surface area contributed by atoms with Gasteiger partial charge in [-0.05, 0) is 37.6 Å². The van der Waals surface area contributed by atoms with Gasteiger partial charge < -0.3 is 15.7 Å². The Hall–Kier alpha value is -2.04. The van der Waals surface area contributed by atoms with E-state index in [-0.39, 0.29) is 17.6 Å². The van der Waals surface area contributed by atoms with Gasteiger partial charge in [0.1, 0.15) is 11.5 Å². The number of urea groups is 1. The van der Waals surface area contributed by atoms with E-state index in [0.717, 1.165) is 5.56 Å². The maximum absolute atomic E-state index is 11.4. The summed E-state index contributed by atoms with van der Waals surface area (Å²) in [6.07, 6.45) is 0.321.